The molecular weight excluding hydrogens is 388 g/mol. The zero-order valence-corrected chi connectivity index (χ0v) is 17.4. The van der Waals surface area contributed by atoms with Crippen LogP contribution >= 0.6 is 0 Å². The maximum atomic E-state index is 13.1. The second-order valence-electron chi connectivity index (χ2n) is 7.47. The molecule has 29 heavy (non-hydrogen) atoms. The van der Waals surface area contributed by atoms with Crippen LogP contribution in [-0.2, 0) is 16.7 Å². The molecule has 3 aromatic rings. The molecular formula is C21H24N4O3S. The Hall–Kier alpha value is -2.55. The minimum absolute atomic E-state index is 0.131. The van der Waals surface area contributed by atoms with E-state index in [0.717, 1.165) is 16.5 Å². The Kier molecular flexibility index (Phi) is 5.24. The fraction of sp³-hybridized carbons (Fsp3) is 0.333. The van der Waals surface area contributed by atoms with Crippen molar-refractivity contribution in [2.24, 2.45) is 0 Å². The summed E-state index contributed by atoms with van der Waals surface area (Å²) in [4.78, 5) is 15.1. The molecule has 0 amide bonds. The van der Waals surface area contributed by atoms with Crippen molar-refractivity contribution in [1.82, 2.24) is 19.0 Å². The van der Waals surface area contributed by atoms with E-state index in [0.29, 0.717) is 43.1 Å². The van der Waals surface area contributed by atoms with E-state index in [1.54, 1.807) is 18.3 Å². The summed E-state index contributed by atoms with van der Waals surface area (Å²) >= 11 is 0. The molecule has 0 atom stereocenters. The van der Waals surface area contributed by atoms with Crippen molar-refractivity contribution in [2.75, 3.05) is 26.2 Å². The number of fused-ring (bicyclic) bond motifs is 1. The molecule has 0 aliphatic carbocycles. The average Bonchev–Trinajstić information content (AvgIpc) is 2.72. The van der Waals surface area contributed by atoms with Gasteiger partial charge in [-0.1, -0.05) is 30.3 Å². The summed E-state index contributed by atoms with van der Waals surface area (Å²) in [5, 5.41) is 5.72. The molecule has 1 fully saturated rings. The Labute approximate surface area is 170 Å². The zero-order chi connectivity index (χ0) is 20.6. The average molecular weight is 413 g/mol. The van der Waals surface area contributed by atoms with Crippen molar-refractivity contribution in [1.29, 1.82) is 0 Å². The van der Waals surface area contributed by atoms with Crippen molar-refractivity contribution in [2.45, 2.75) is 25.4 Å². The first-order chi connectivity index (χ1) is 13.9. The van der Waals surface area contributed by atoms with E-state index in [1.807, 2.05) is 44.2 Å². The van der Waals surface area contributed by atoms with E-state index in [1.165, 1.54) is 8.99 Å². The molecule has 4 rings (SSSR count). The molecule has 0 radical (unpaired) electrons. The lowest BCUT2D eigenvalue weighted by molar-refractivity contribution is 0.143. The predicted octanol–water partition coefficient (Wildman–Crippen LogP) is 1.98. The third-order valence-corrected chi connectivity index (χ3v) is 7.43. The van der Waals surface area contributed by atoms with Crippen LogP contribution in [0.5, 0.6) is 0 Å². The molecule has 0 bridgehead atoms. The van der Waals surface area contributed by atoms with Crippen LogP contribution in [0, 0.1) is 13.8 Å². The van der Waals surface area contributed by atoms with Gasteiger partial charge < -0.3 is 0 Å². The van der Waals surface area contributed by atoms with Crippen LogP contribution in [0.1, 0.15) is 11.1 Å². The Morgan fingerprint density at radius 1 is 1.00 bits per heavy atom. The molecule has 0 unspecified atom stereocenters. The Bertz CT molecular complexity index is 1210. The van der Waals surface area contributed by atoms with Crippen LogP contribution in [0.15, 0.2) is 58.4 Å². The van der Waals surface area contributed by atoms with Gasteiger partial charge >= 0.3 is 0 Å². The van der Waals surface area contributed by atoms with Crippen molar-refractivity contribution in [3.05, 3.63) is 70.1 Å². The highest BCUT2D eigenvalue weighted by atomic mass is 32.2. The Morgan fingerprint density at radius 3 is 2.48 bits per heavy atom. The van der Waals surface area contributed by atoms with Gasteiger partial charge in [-0.15, -0.1) is 0 Å². The lowest BCUT2D eigenvalue weighted by atomic mass is 10.2. The maximum absolute atomic E-state index is 13.1. The van der Waals surface area contributed by atoms with Crippen molar-refractivity contribution in [3.8, 4) is 0 Å². The van der Waals surface area contributed by atoms with Crippen LogP contribution in [0.3, 0.4) is 0 Å². The highest BCUT2D eigenvalue weighted by molar-refractivity contribution is 7.89. The van der Waals surface area contributed by atoms with E-state index in [9.17, 15) is 13.2 Å². The molecule has 7 nitrogen and oxygen atoms in total. The fourth-order valence-corrected chi connectivity index (χ4v) is 5.39. The molecule has 1 aliphatic rings. The summed E-state index contributed by atoms with van der Waals surface area (Å²) in [6, 6.07) is 12.9. The molecule has 1 aliphatic heterocycles. The van der Waals surface area contributed by atoms with Crippen LogP contribution in [0.4, 0.5) is 0 Å². The number of aromatic nitrogens is 2. The number of aryl methyl sites for hydroxylation is 2. The summed E-state index contributed by atoms with van der Waals surface area (Å²) in [5.41, 5.74) is 1.55. The van der Waals surface area contributed by atoms with Gasteiger partial charge in [0.25, 0.3) is 5.56 Å². The van der Waals surface area contributed by atoms with Gasteiger partial charge in [-0.05, 0) is 37.1 Å². The monoisotopic (exact) mass is 412 g/mol. The van der Waals surface area contributed by atoms with Gasteiger partial charge in [-0.2, -0.15) is 9.40 Å². The normalized spacial score (nSPS) is 16.3. The highest BCUT2D eigenvalue weighted by Gasteiger charge is 2.29. The van der Waals surface area contributed by atoms with E-state index < -0.39 is 10.0 Å². The van der Waals surface area contributed by atoms with Gasteiger partial charge in [0.15, 0.2) is 0 Å². The second-order valence-corrected chi connectivity index (χ2v) is 9.38. The number of hydrogen-bond donors (Lipinski definition) is 0. The van der Waals surface area contributed by atoms with E-state index >= 15 is 0 Å². The molecule has 0 saturated carbocycles. The van der Waals surface area contributed by atoms with Gasteiger partial charge in [-0.3, -0.25) is 9.69 Å². The number of sulfonamides is 1. The number of benzene rings is 2. The molecule has 8 heteroatoms. The zero-order valence-electron chi connectivity index (χ0n) is 16.6. The van der Waals surface area contributed by atoms with Crippen molar-refractivity contribution < 1.29 is 8.42 Å². The number of nitrogens with zero attached hydrogens (tertiary/aromatic N) is 4. The number of rotatable bonds is 4. The minimum atomic E-state index is -3.53. The van der Waals surface area contributed by atoms with Crippen molar-refractivity contribution in [3.63, 3.8) is 0 Å². The smallest absolute Gasteiger partial charge is 0.275 e. The van der Waals surface area contributed by atoms with Gasteiger partial charge in [0.1, 0.15) is 0 Å². The van der Waals surface area contributed by atoms with Crippen molar-refractivity contribution >= 4 is 20.8 Å². The first kappa shape index (κ1) is 19.8. The largest absolute Gasteiger partial charge is 0.282 e. The van der Waals surface area contributed by atoms with E-state index in [-0.39, 0.29) is 5.56 Å². The third-order valence-electron chi connectivity index (χ3n) is 5.39. The second kappa shape index (κ2) is 7.70. The fourth-order valence-electron chi connectivity index (χ4n) is 3.65. The summed E-state index contributed by atoms with van der Waals surface area (Å²) in [6.45, 7) is 5.93. The van der Waals surface area contributed by atoms with E-state index in [2.05, 4.69) is 10.00 Å². The molecule has 0 spiro atoms. The Balaban J connectivity index is 1.48. The first-order valence-electron chi connectivity index (χ1n) is 9.61. The summed E-state index contributed by atoms with van der Waals surface area (Å²) in [7, 11) is -3.53. The quantitative estimate of drug-likeness (QED) is 0.655. The molecule has 0 N–H and O–H groups in total. The van der Waals surface area contributed by atoms with Gasteiger partial charge in [0.05, 0.1) is 23.1 Å². The van der Waals surface area contributed by atoms with Crippen LogP contribution < -0.4 is 5.56 Å². The van der Waals surface area contributed by atoms with Gasteiger partial charge in [0.2, 0.25) is 10.0 Å². The minimum Gasteiger partial charge on any atom is -0.282 e. The lowest BCUT2D eigenvalue weighted by Gasteiger charge is -2.34. The first-order valence-corrected chi connectivity index (χ1v) is 11.0. The topological polar surface area (TPSA) is 75.5 Å². The lowest BCUT2D eigenvalue weighted by Crippen LogP contribution is -2.49. The standard InChI is InChI=1S/C21H24N4O3S/c1-16-7-8-17(2)20(13-16)29(27,28)24-11-9-23(10-12-24)15-25-21(26)19-6-4-3-5-18(19)14-22-25/h3-8,13-14H,9-12,15H2,1-2H3. The molecule has 2 heterocycles. The van der Waals surface area contributed by atoms with Crippen LogP contribution in [-0.4, -0.2) is 53.6 Å². The SMILES string of the molecule is Cc1ccc(C)c(S(=O)(=O)N2CCN(Cn3ncc4ccccc4c3=O)CC2)c1. The van der Waals surface area contributed by atoms with Gasteiger partial charge in [-0.25, -0.2) is 13.1 Å². The summed E-state index contributed by atoms with van der Waals surface area (Å²) < 4.78 is 29.1. The molecule has 1 saturated heterocycles. The van der Waals surface area contributed by atoms with Gasteiger partial charge in [0, 0.05) is 31.6 Å². The maximum Gasteiger partial charge on any atom is 0.275 e. The summed E-state index contributed by atoms with van der Waals surface area (Å²) in [5.74, 6) is 0. The van der Waals surface area contributed by atoms with Crippen LogP contribution in [0.2, 0.25) is 0 Å². The highest BCUT2D eigenvalue weighted by Crippen LogP contribution is 2.22. The Morgan fingerprint density at radius 2 is 1.72 bits per heavy atom. The molecule has 152 valence electrons. The number of piperazine rings is 1. The van der Waals surface area contributed by atoms with Crippen LogP contribution in [0.25, 0.3) is 10.8 Å². The predicted molar refractivity (Wildman–Crippen MR) is 112 cm³/mol. The molecule has 1 aromatic heterocycles. The number of hydrogen-bond acceptors (Lipinski definition) is 5. The van der Waals surface area contributed by atoms with E-state index in [4.69, 9.17) is 0 Å². The third kappa shape index (κ3) is 3.83. The molecule has 2 aromatic carbocycles. The summed E-state index contributed by atoms with van der Waals surface area (Å²) in [6.07, 6.45) is 1.69.